The molecule has 1 rings (SSSR count). The summed E-state index contributed by atoms with van der Waals surface area (Å²) in [4.78, 5) is 14.6. The highest BCUT2D eigenvalue weighted by molar-refractivity contribution is 8.13. The van der Waals surface area contributed by atoms with Crippen molar-refractivity contribution in [1.29, 1.82) is 0 Å². The van der Waals surface area contributed by atoms with Gasteiger partial charge in [-0.05, 0) is 12.1 Å². The van der Waals surface area contributed by atoms with Crippen LogP contribution in [-0.4, -0.2) is 32.2 Å². The standard InChI is InChI=1S/C10H14N2O3S/c1-6(13)16-5-9(14)10(15)8-3-2-7(11)4-12-8/h2-4,9-10,14-15H,5,11H2,1H3. The Bertz CT molecular complexity index is 356. The largest absolute Gasteiger partial charge is 0.397 e. The van der Waals surface area contributed by atoms with Gasteiger partial charge in [-0.2, -0.15) is 0 Å². The van der Waals surface area contributed by atoms with Crippen LogP contribution >= 0.6 is 11.8 Å². The summed E-state index contributed by atoms with van der Waals surface area (Å²) in [6.07, 6.45) is -0.721. The van der Waals surface area contributed by atoms with Gasteiger partial charge in [-0.3, -0.25) is 9.78 Å². The molecule has 0 spiro atoms. The van der Waals surface area contributed by atoms with Crippen LogP contribution in [-0.2, 0) is 4.79 Å². The number of nitrogens with two attached hydrogens (primary N) is 1. The lowest BCUT2D eigenvalue weighted by Gasteiger charge is -2.16. The molecule has 88 valence electrons. The van der Waals surface area contributed by atoms with E-state index in [4.69, 9.17) is 5.73 Å². The van der Waals surface area contributed by atoms with Gasteiger partial charge in [0.1, 0.15) is 6.10 Å². The molecule has 0 saturated heterocycles. The lowest BCUT2D eigenvalue weighted by molar-refractivity contribution is -0.109. The van der Waals surface area contributed by atoms with Crippen LogP contribution in [0.2, 0.25) is 0 Å². The Morgan fingerprint density at radius 2 is 2.25 bits per heavy atom. The summed E-state index contributed by atoms with van der Waals surface area (Å²) in [5.74, 6) is 0.141. The van der Waals surface area contributed by atoms with Gasteiger partial charge in [-0.1, -0.05) is 11.8 Å². The molecule has 1 aromatic heterocycles. The van der Waals surface area contributed by atoms with Crippen LogP contribution in [0.5, 0.6) is 0 Å². The number of aliphatic hydroxyl groups excluding tert-OH is 2. The van der Waals surface area contributed by atoms with E-state index in [1.807, 2.05) is 0 Å². The molecule has 1 aromatic rings. The first kappa shape index (κ1) is 13.0. The molecule has 0 aliphatic carbocycles. The molecular weight excluding hydrogens is 228 g/mol. The molecule has 0 aliphatic heterocycles. The molecule has 1 heterocycles. The zero-order valence-corrected chi connectivity index (χ0v) is 9.65. The fraction of sp³-hybridized carbons (Fsp3) is 0.400. The third kappa shape index (κ3) is 3.80. The van der Waals surface area contributed by atoms with Crippen LogP contribution in [0.15, 0.2) is 18.3 Å². The van der Waals surface area contributed by atoms with Crippen molar-refractivity contribution in [3.05, 3.63) is 24.0 Å². The molecule has 6 heteroatoms. The molecule has 5 nitrogen and oxygen atoms in total. The Morgan fingerprint density at radius 1 is 1.56 bits per heavy atom. The van der Waals surface area contributed by atoms with Gasteiger partial charge in [0, 0.05) is 12.7 Å². The molecule has 2 unspecified atom stereocenters. The number of anilines is 1. The van der Waals surface area contributed by atoms with Gasteiger partial charge >= 0.3 is 0 Å². The van der Waals surface area contributed by atoms with Gasteiger partial charge in [0.05, 0.1) is 23.7 Å². The molecule has 0 radical (unpaired) electrons. The number of hydrogen-bond donors (Lipinski definition) is 3. The zero-order chi connectivity index (χ0) is 12.1. The molecular formula is C10H14N2O3S. The summed E-state index contributed by atoms with van der Waals surface area (Å²) in [6.45, 7) is 1.41. The molecule has 4 N–H and O–H groups in total. The van der Waals surface area contributed by atoms with Crippen molar-refractivity contribution in [1.82, 2.24) is 4.98 Å². The average Bonchev–Trinajstić information content (AvgIpc) is 2.26. The number of carbonyl (C=O) groups excluding carboxylic acids is 1. The van der Waals surface area contributed by atoms with Gasteiger partial charge in [0.2, 0.25) is 0 Å². The Kier molecular flexibility index (Phi) is 4.72. The Labute approximate surface area is 97.7 Å². The number of aromatic nitrogens is 1. The van der Waals surface area contributed by atoms with E-state index in [9.17, 15) is 15.0 Å². The summed E-state index contributed by atoms with van der Waals surface area (Å²) >= 11 is 0.964. The van der Waals surface area contributed by atoms with E-state index < -0.39 is 12.2 Å². The van der Waals surface area contributed by atoms with Crippen molar-refractivity contribution in [3.8, 4) is 0 Å². The van der Waals surface area contributed by atoms with E-state index in [1.54, 1.807) is 12.1 Å². The first-order chi connectivity index (χ1) is 7.50. The highest BCUT2D eigenvalue weighted by Crippen LogP contribution is 2.18. The Morgan fingerprint density at radius 3 is 2.75 bits per heavy atom. The lowest BCUT2D eigenvalue weighted by atomic mass is 10.1. The number of aliphatic hydroxyl groups is 2. The van der Waals surface area contributed by atoms with Crippen molar-refractivity contribution in [2.24, 2.45) is 0 Å². The quantitative estimate of drug-likeness (QED) is 0.704. The fourth-order valence-electron chi connectivity index (χ4n) is 1.08. The minimum absolute atomic E-state index is 0.100. The van der Waals surface area contributed by atoms with Gasteiger partial charge in [-0.15, -0.1) is 0 Å². The van der Waals surface area contributed by atoms with Gasteiger partial charge in [0.25, 0.3) is 0 Å². The minimum atomic E-state index is -1.10. The SMILES string of the molecule is CC(=O)SCC(O)C(O)c1ccc(N)cn1. The maximum Gasteiger partial charge on any atom is 0.185 e. The zero-order valence-electron chi connectivity index (χ0n) is 8.83. The van der Waals surface area contributed by atoms with Crippen LogP contribution in [0, 0.1) is 0 Å². The summed E-state index contributed by atoms with van der Waals surface area (Å²) in [7, 11) is 0. The number of thioether (sulfide) groups is 1. The van der Waals surface area contributed by atoms with Gasteiger partial charge in [-0.25, -0.2) is 0 Å². The van der Waals surface area contributed by atoms with Crippen LogP contribution in [0.3, 0.4) is 0 Å². The molecule has 0 aromatic carbocycles. The van der Waals surface area contributed by atoms with Crippen molar-refractivity contribution in [3.63, 3.8) is 0 Å². The lowest BCUT2D eigenvalue weighted by Crippen LogP contribution is -2.22. The van der Waals surface area contributed by atoms with Crippen molar-refractivity contribution < 1.29 is 15.0 Å². The number of nitrogen functional groups attached to an aromatic ring is 1. The summed E-state index contributed by atoms with van der Waals surface area (Å²) in [5.41, 5.74) is 6.27. The van der Waals surface area contributed by atoms with Crippen LogP contribution in [0.4, 0.5) is 5.69 Å². The van der Waals surface area contributed by atoms with E-state index in [1.165, 1.54) is 13.1 Å². The second-order valence-corrected chi connectivity index (χ2v) is 4.53. The van der Waals surface area contributed by atoms with Crippen molar-refractivity contribution >= 4 is 22.6 Å². The van der Waals surface area contributed by atoms with E-state index in [2.05, 4.69) is 4.98 Å². The van der Waals surface area contributed by atoms with Gasteiger partial charge in [0.15, 0.2) is 5.12 Å². The maximum atomic E-state index is 10.7. The minimum Gasteiger partial charge on any atom is -0.397 e. The fourth-order valence-corrected chi connectivity index (χ4v) is 1.67. The third-order valence-corrected chi connectivity index (χ3v) is 2.85. The summed E-state index contributed by atoms with van der Waals surface area (Å²) in [6, 6.07) is 3.14. The smallest absolute Gasteiger partial charge is 0.185 e. The predicted octanol–water partition coefficient (Wildman–Crippen LogP) is 0.338. The number of rotatable bonds is 4. The highest BCUT2D eigenvalue weighted by Gasteiger charge is 2.20. The Balaban J connectivity index is 2.59. The van der Waals surface area contributed by atoms with Gasteiger partial charge < -0.3 is 15.9 Å². The monoisotopic (exact) mass is 242 g/mol. The van der Waals surface area contributed by atoms with E-state index in [-0.39, 0.29) is 10.9 Å². The molecule has 0 bridgehead atoms. The number of nitrogens with zero attached hydrogens (tertiary/aromatic N) is 1. The second kappa shape index (κ2) is 5.83. The Hall–Kier alpha value is -1.11. The molecule has 0 aliphatic rings. The third-order valence-electron chi connectivity index (χ3n) is 1.93. The molecule has 16 heavy (non-hydrogen) atoms. The number of pyridine rings is 1. The molecule has 0 amide bonds. The molecule has 0 saturated carbocycles. The summed E-state index contributed by atoms with van der Waals surface area (Å²) < 4.78 is 0. The van der Waals surface area contributed by atoms with Crippen molar-refractivity contribution in [2.75, 3.05) is 11.5 Å². The second-order valence-electron chi connectivity index (χ2n) is 3.33. The summed E-state index contributed by atoms with van der Waals surface area (Å²) in [5, 5.41) is 19.2. The predicted molar refractivity (Wildman–Crippen MR) is 62.8 cm³/mol. The van der Waals surface area contributed by atoms with E-state index in [0.717, 1.165) is 11.8 Å². The normalized spacial score (nSPS) is 14.4. The first-order valence-electron chi connectivity index (χ1n) is 4.71. The number of carbonyl (C=O) groups is 1. The topological polar surface area (TPSA) is 96.4 Å². The first-order valence-corrected chi connectivity index (χ1v) is 5.70. The van der Waals surface area contributed by atoms with Crippen LogP contribution < -0.4 is 5.73 Å². The highest BCUT2D eigenvalue weighted by atomic mass is 32.2. The van der Waals surface area contributed by atoms with Crippen LogP contribution in [0.1, 0.15) is 18.7 Å². The molecule has 0 fully saturated rings. The molecule has 2 atom stereocenters. The van der Waals surface area contributed by atoms with Crippen molar-refractivity contribution in [2.45, 2.75) is 19.1 Å². The number of hydrogen-bond acceptors (Lipinski definition) is 6. The van der Waals surface area contributed by atoms with E-state index >= 15 is 0 Å². The van der Waals surface area contributed by atoms with Crippen LogP contribution in [0.25, 0.3) is 0 Å². The average molecular weight is 242 g/mol. The van der Waals surface area contributed by atoms with E-state index in [0.29, 0.717) is 11.4 Å². The maximum absolute atomic E-state index is 10.7.